The summed E-state index contributed by atoms with van der Waals surface area (Å²) in [7, 11) is -3.81. The number of nitrogens with zero attached hydrogens (tertiary/aromatic N) is 2. The lowest BCUT2D eigenvalue weighted by molar-refractivity contribution is 0.281. The molecule has 3 rings (SSSR count). The molecule has 8 heteroatoms. The van der Waals surface area contributed by atoms with Crippen molar-refractivity contribution in [3.63, 3.8) is 0 Å². The Hall–Kier alpha value is -1.35. The Morgan fingerprint density at radius 2 is 1.88 bits per heavy atom. The first-order valence-electron chi connectivity index (χ1n) is 7.67. The molecule has 0 N–H and O–H groups in total. The van der Waals surface area contributed by atoms with E-state index in [2.05, 4.69) is 11.0 Å². The summed E-state index contributed by atoms with van der Waals surface area (Å²) in [4.78, 5) is 3.26. The maximum absolute atomic E-state index is 13.4. The van der Waals surface area contributed by atoms with E-state index in [1.165, 1.54) is 9.18 Å². The van der Waals surface area contributed by atoms with Crippen LogP contribution in [0.25, 0.3) is 0 Å². The fourth-order valence-corrected chi connectivity index (χ4v) is 4.98. The molecule has 2 aromatic rings. The number of hydrogen-bond acceptors (Lipinski definition) is 4. The summed E-state index contributed by atoms with van der Waals surface area (Å²) in [5, 5.41) is 2.02. The van der Waals surface area contributed by atoms with Crippen molar-refractivity contribution in [2.24, 2.45) is 0 Å². The zero-order valence-corrected chi connectivity index (χ0v) is 14.6. The Bertz CT molecular complexity index is 794. The quantitative estimate of drug-likeness (QED) is 0.829. The molecule has 24 heavy (non-hydrogen) atoms. The maximum atomic E-state index is 13.4. The molecule has 0 bridgehead atoms. The van der Waals surface area contributed by atoms with Gasteiger partial charge >= 0.3 is 0 Å². The average Bonchev–Trinajstić information content (AvgIpc) is 2.93. The van der Waals surface area contributed by atoms with E-state index in [4.69, 9.17) is 0 Å². The van der Waals surface area contributed by atoms with Gasteiger partial charge in [0.15, 0.2) is 11.6 Å². The molecule has 1 fully saturated rings. The van der Waals surface area contributed by atoms with E-state index in [-0.39, 0.29) is 4.90 Å². The first-order valence-corrected chi connectivity index (χ1v) is 9.99. The summed E-state index contributed by atoms with van der Waals surface area (Å²) in [6.07, 6.45) is 0.703. The second-order valence-corrected chi connectivity index (χ2v) is 8.66. The normalized spacial score (nSPS) is 17.8. The van der Waals surface area contributed by atoms with E-state index in [1.807, 2.05) is 11.4 Å². The molecule has 1 saturated heterocycles. The standard InChI is InChI=1S/C16H18F2N2O2S2/c17-15-5-4-14(11-16(15)18)24(21,22)20-7-2-6-19(8-9-20)12-13-3-1-10-23-13/h1,3-5,10-11H,2,6-9,12H2. The zero-order valence-electron chi connectivity index (χ0n) is 13.0. The minimum atomic E-state index is -3.81. The van der Waals surface area contributed by atoms with Crippen molar-refractivity contribution in [1.29, 1.82) is 0 Å². The highest BCUT2D eigenvalue weighted by Crippen LogP contribution is 2.21. The lowest BCUT2D eigenvalue weighted by Crippen LogP contribution is -2.35. The summed E-state index contributed by atoms with van der Waals surface area (Å²) in [5.74, 6) is -2.20. The highest BCUT2D eigenvalue weighted by molar-refractivity contribution is 7.89. The van der Waals surface area contributed by atoms with E-state index in [1.54, 1.807) is 11.3 Å². The topological polar surface area (TPSA) is 40.6 Å². The Balaban J connectivity index is 1.71. The van der Waals surface area contributed by atoms with Gasteiger partial charge in [0.05, 0.1) is 4.90 Å². The van der Waals surface area contributed by atoms with Gasteiger partial charge in [-0.25, -0.2) is 17.2 Å². The van der Waals surface area contributed by atoms with Crippen LogP contribution in [-0.2, 0) is 16.6 Å². The van der Waals surface area contributed by atoms with Crippen LogP contribution in [0, 0.1) is 11.6 Å². The van der Waals surface area contributed by atoms with Crippen molar-refractivity contribution in [3.8, 4) is 0 Å². The number of benzene rings is 1. The predicted molar refractivity (Wildman–Crippen MR) is 89.3 cm³/mol. The van der Waals surface area contributed by atoms with Gasteiger partial charge in [-0.15, -0.1) is 11.3 Å². The van der Waals surface area contributed by atoms with Gasteiger partial charge < -0.3 is 0 Å². The summed E-state index contributed by atoms with van der Waals surface area (Å²) in [5.41, 5.74) is 0. The molecule has 1 aromatic carbocycles. The molecular weight excluding hydrogens is 354 g/mol. The number of rotatable bonds is 4. The van der Waals surface area contributed by atoms with Crippen LogP contribution in [0.4, 0.5) is 8.78 Å². The molecule has 130 valence electrons. The van der Waals surface area contributed by atoms with Crippen molar-refractivity contribution in [2.75, 3.05) is 26.2 Å². The van der Waals surface area contributed by atoms with Crippen molar-refractivity contribution in [2.45, 2.75) is 17.9 Å². The van der Waals surface area contributed by atoms with Gasteiger partial charge in [0.2, 0.25) is 10.0 Å². The molecule has 0 radical (unpaired) electrons. The molecule has 0 spiro atoms. The van der Waals surface area contributed by atoms with E-state index in [0.717, 1.165) is 31.3 Å². The Morgan fingerprint density at radius 3 is 2.58 bits per heavy atom. The summed E-state index contributed by atoms with van der Waals surface area (Å²) in [6.45, 7) is 2.94. The third-order valence-electron chi connectivity index (χ3n) is 4.04. The second-order valence-electron chi connectivity index (χ2n) is 5.69. The van der Waals surface area contributed by atoms with Gasteiger partial charge in [0.1, 0.15) is 0 Å². The number of halogens is 2. The van der Waals surface area contributed by atoms with Crippen LogP contribution in [0.3, 0.4) is 0 Å². The van der Waals surface area contributed by atoms with E-state index >= 15 is 0 Å². The van der Waals surface area contributed by atoms with Crippen LogP contribution < -0.4 is 0 Å². The van der Waals surface area contributed by atoms with E-state index < -0.39 is 21.7 Å². The fraction of sp³-hybridized carbons (Fsp3) is 0.375. The molecule has 1 aliphatic rings. The van der Waals surface area contributed by atoms with Crippen LogP contribution in [-0.4, -0.2) is 43.8 Å². The van der Waals surface area contributed by atoms with Crippen LogP contribution in [0.1, 0.15) is 11.3 Å². The van der Waals surface area contributed by atoms with Crippen LogP contribution in [0.15, 0.2) is 40.6 Å². The van der Waals surface area contributed by atoms with Gasteiger partial charge in [-0.3, -0.25) is 4.90 Å². The Kier molecular flexibility index (Phi) is 5.29. The Morgan fingerprint density at radius 1 is 1.04 bits per heavy atom. The number of thiophene rings is 1. The van der Waals surface area contributed by atoms with Gasteiger partial charge in [-0.2, -0.15) is 4.31 Å². The van der Waals surface area contributed by atoms with Crippen molar-refractivity contribution in [1.82, 2.24) is 9.21 Å². The minimum Gasteiger partial charge on any atom is -0.297 e. The SMILES string of the molecule is O=S(=O)(c1ccc(F)c(F)c1)N1CCCN(Cc2cccs2)CC1. The van der Waals surface area contributed by atoms with Gasteiger partial charge in [0, 0.05) is 31.1 Å². The van der Waals surface area contributed by atoms with Crippen molar-refractivity contribution >= 4 is 21.4 Å². The molecule has 0 amide bonds. The largest absolute Gasteiger partial charge is 0.297 e. The number of hydrogen-bond donors (Lipinski definition) is 0. The minimum absolute atomic E-state index is 0.201. The van der Waals surface area contributed by atoms with Crippen LogP contribution >= 0.6 is 11.3 Å². The third kappa shape index (κ3) is 3.83. The molecule has 0 unspecified atom stereocenters. The van der Waals surface area contributed by atoms with Gasteiger partial charge in [0.25, 0.3) is 0 Å². The summed E-state index contributed by atoms with van der Waals surface area (Å²) >= 11 is 1.68. The van der Waals surface area contributed by atoms with Gasteiger partial charge in [-0.1, -0.05) is 6.07 Å². The lowest BCUT2D eigenvalue weighted by atomic mass is 10.3. The summed E-state index contributed by atoms with van der Waals surface area (Å²) in [6, 6.07) is 6.77. The molecule has 1 aromatic heterocycles. The van der Waals surface area contributed by atoms with Gasteiger partial charge in [-0.05, 0) is 42.6 Å². The van der Waals surface area contributed by atoms with Crippen molar-refractivity contribution < 1.29 is 17.2 Å². The predicted octanol–water partition coefficient (Wildman–Crippen LogP) is 2.92. The van der Waals surface area contributed by atoms with Crippen LogP contribution in [0.2, 0.25) is 0 Å². The summed E-state index contributed by atoms with van der Waals surface area (Å²) < 4.78 is 53.1. The third-order valence-corrected chi connectivity index (χ3v) is 6.79. The average molecular weight is 372 g/mol. The molecule has 0 saturated carbocycles. The Labute approximate surface area is 144 Å². The van der Waals surface area contributed by atoms with Crippen molar-refractivity contribution in [3.05, 3.63) is 52.2 Å². The van der Waals surface area contributed by atoms with E-state index in [0.29, 0.717) is 26.1 Å². The molecule has 4 nitrogen and oxygen atoms in total. The zero-order chi connectivity index (χ0) is 17.2. The van der Waals surface area contributed by atoms with Crippen LogP contribution in [0.5, 0.6) is 0 Å². The molecule has 0 aliphatic carbocycles. The number of sulfonamides is 1. The monoisotopic (exact) mass is 372 g/mol. The molecule has 0 atom stereocenters. The first-order chi connectivity index (χ1) is 11.5. The maximum Gasteiger partial charge on any atom is 0.243 e. The second kappa shape index (κ2) is 7.26. The highest BCUT2D eigenvalue weighted by atomic mass is 32.2. The first kappa shape index (κ1) is 17.5. The smallest absolute Gasteiger partial charge is 0.243 e. The highest BCUT2D eigenvalue weighted by Gasteiger charge is 2.27. The van der Waals surface area contributed by atoms with E-state index in [9.17, 15) is 17.2 Å². The molecule has 2 heterocycles. The fourth-order valence-electron chi connectivity index (χ4n) is 2.76. The lowest BCUT2D eigenvalue weighted by Gasteiger charge is -2.21. The molecular formula is C16H18F2N2O2S2. The molecule has 1 aliphatic heterocycles.